The minimum Gasteiger partial charge on any atom is -0.343 e. The Morgan fingerprint density at radius 2 is 1.78 bits per heavy atom. The number of carbonyl (C=O) groups is 1. The summed E-state index contributed by atoms with van der Waals surface area (Å²) in [6, 6.07) is 18.5. The largest absolute Gasteiger partial charge is 0.343 e. The molecule has 1 unspecified atom stereocenters. The highest BCUT2D eigenvalue weighted by atomic mass is 35.5. The van der Waals surface area contributed by atoms with Gasteiger partial charge in [-0.2, -0.15) is 0 Å². The smallest absolute Gasteiger partial charge is 0.252 e. The van der Waals surface area contributed by atoms with Gasteiger partial charge in [0.15, 0.2) is 0 Å². The van der Waals surface area contributed by atoms with E-state index in [1.807, 2.05) is 24.3 Å². The summed E-state index contributed by atoms with van der Waals surface area (Å²) in [5.41, 5.74) is 3.22. The Kier molecular flexibility index (Phi) is 5.92. The molecule has 2 saturated heterocycles. The zero-order chi connectivity index (χ0) is 18.1. The lowest BCUT2D eigenvalue weighted by molar-refractivity contribution is 0.0556. The predicted molar refractivity (Wildman–Crippen MR) is 112 cm³/mol. The first kappa shape index (κ1) is 19.9. The molecular formula is C23H29ClN2O. The molecule has 144 valence electrons. The van der Waals surface area contributed by atoms with Gasteiger partial charge in [-0.3, -0.25) is 9.69 Å². The van der Waals surface area contributed by atoms with Crippen LogP contribution in [0.3, 0.4) is 0 Å². The molecule has 1 aliphatic carbocycles. The van der Waals surface area contributed by atoms with E-state index in [9.17, 15) is 4.79 Å². The van der Waals surface area contributed by atoms with E-state index in [0.717, 1.165) is 30.0 Å². The molecule has 1 amide bonds. The number of carbonyl (C=O) groups excluding carboxylic acids is 1. The Hall–Kier alpha value is -1.84. The highest BCUT2D eigenvalue weighted by molar-refractivity contribution is 5.96. The Morgan fingerprint density at radius 1 is 1.11 bits per heavy atom. The predicted octanol–water partition coefficient (Wildman–Crippen LogP) is 4.63. The third-order valence-corrected chi connectivity index (χ3v) is 6.36. The third kappa shape index (κ3) is 3.39. The maximum absolute atomic E-state index is 13.2. The second-order valence-corrected chi connectivity index (χ2v) is 7.74. The van der Waals surface area contributed by atoms with Crippen LogP contribution in [0.25, 0.3) is 0 Å². The quantitative estimate of drug-likeness (QED) is 0.787. The van der Waals surface area contributed by atoms with Gasteiger partial charge in [-0.1, -0.05) is 62.4 Å². The first-order chi connectivity index (χ1) is 12.7. The van der Waals surface area contributed by atoms with E-state index in [-0.39, 0.29) is 29.9 Å². The summed E-state index contributed by atoms with van der Waals surface area (Å²) in [4.78, 5) is 15.8. The van der Waals surface area contributed by atoms with Crippen LogP contribution in [-0.2, 0) is 6.42 Å². The fourth-order valence-electron chi connectivity index (χ4n) is 5.12. The molecule has 2 aromatic rings. The van der Waals surface area contributed by atoms with Crippen LogP contribution >= 0.6 is 12.4 Å². The Morgan fingerprint density at radius 3 is 2.44 bits per heavy atom. The number of fused-ring (bicyclic) bond motifs is 1. The molecular weight excluding hydrogens is 356 g/mol. The molecule has 2 aromatic carbocycles. The molecule has 4 heteroatoms. The number of nitrogens with zero attached hydrogens (tertiary/aromatic N) is 1. The Bertz CT molecular complexity index is 786. The topological polar surface area (TPSA) is 32.3 Å². The molecule has 1 atom stereocenters. The Balaban J connectivity index is 0.00000210. The second-order valence-electron chi connectivity index (χ2n) is 7.74. The van der Waals surface area contributed by atoms with Crippen LogP contribution in [0.2, 0.25) is 0 Å². The van der Waals surface area contributed by atoms with Gasteiger partial charge < -0.3 is 5.32 Å². The van der Waals surface area contributed by atoms with Gasteiger partial charge in [0.25, 0.3) is 5.91 Å². The molecule has 0 aromatic heterocycles. The van der Waals surface area contributed by atoms with Crippen LogP contribution in [0.5, 0.6) is 0 Å². The first-order valence-corrected chi connectivity index (χ1v) is 9.86. The van der Waals surface area contributed by atoms with Crippen molar-refractivity contribution in [2.75, 3.05) is 13.1 Å². The summed E-state index contributed by atoms with van der Waals surface area (Å²) in [6.07, 6.45) is 3.25. The molecule has 1 N–H and O–H groups in total. The lowest BCUT2D eigenvalue weighted by atomic mass is 9.67. The zero-order valence-electron chi connectivity index (χ0n) is 16.2. The first-order valence-electron chi connectivity index (χ1n) is 9.86. The fraction of sp³-hybridized carbons (Fsp3) is 0.435. The Labute approximate surface area is 168 Å². The number of likely N-dealkylation sites (N-methyl/N-ethyl adjacent to an activating group) is 1. The maximum Gasteiger partial charge on any atom is 0.252 e. The standard InChI is InChI=1S/C23H28N2O.ClH/c1-3-18-10-8-9-13-20(18)22(26)24-21(19-11-6-5-7-12-19)23-14-17(15-23)16-25(23)4-2;/h5-13,17,21H,3-4,14-16H2,1-2H3,(H,24,26);1H. The number of hydrogen-bond donors (Lipinski definition) is 1. The number of aryl methyl sites for hydroxylation is 1. The molecule has 27 heavy (non-hydrogen) atoms. The van der Waals surface area contributed by atoms with Crippen LogP contribution in [0, 0.1) is 5.92 Å². The van der Waals surface area contributed by atoms with Crippen LogP contribution in [-0.4, -0.2) is 29.4 Å². The monoisotopic (exact) mass is 384 g/mol. The number of rotatable bonds is 6. The number of amides is 1. The third-order valence-electron chi connectivity index (χ3n) is 6.36. The molecule has 5 rings (SSSR count). The SMILES string of the molecule is CCc1ccccc1C(=O)NC(c1ccccc1)C12CC(CN1CC)C2.Cl. The average Bonchev–Trinajstić information content (AvgIpc) is 3.22. The van der Waals surface area contributed by atoms with Crippen molar-refractivity contribution in [1.82, 2.24) is 10.2 Å². The van der Waals surface area contributed by atoms with E-state index in [2.05, 4.69) is 54.4 Å². The van der Waals surface area contributed by atoms with Gasteiger partial charge in [0.1, 0.15) is 0 Å². The van der Waals surface area contributed by atoms with Crippen molar-refractivity contribution in [2.24, 2.45) is 5.92 Å². The summed E-state index contributed by atoms with van der Waals surface area (Å²) in [5.74, 6) is 0.845. The summed E-state index contributed by atoms with van der Waals surface area (Å²) >= 11 is 0. The summed E-state index contributed by atoms with van der Waals surface area (Å²) in [6.45, 7) is 6.55. The fourth-order valence-corrected chi connectivity index (χ4v) is 5.12. The van der Waals surface area contributed by atoms with Gasteiger partial charge in [-0.15, -0.1) is 12.4 Å². The second kappa shape index (κ2) is 8.04. The number of nitrogens with one attached hydrogen (secondary N) is 1. The highest BCUT2D eigenvalue weighted by Gasteiger charge is 2.59. The lowest BCUT2D eigenvalue weighted by Gasteiger charge is -2.48. The number of halogens is 1. The van der Waals surface area contributed by atoms with E-state index in [1.165, 1.54) is 24.9 Å². The van der Waals surface area contributed by atoms with Crippen LogP contribution in [0.15, 0.2) is 54.6 Å². The molecule has 0 radical (unpaired) electrons. The van der Waals surface area contributed by atoms with Crippen LogP contribution in [0.1, 0.15) is 54.2 Å². The molecule has 3 fully saturated rings. The minimum atomic E-state index is 0. The van der Waals surface area contributed by atoms with Crippen molar-refractivity contribution >= 4 is 18.3 Å². The molecule has 0 spiro atoms. The lowest BCUT2D eigenvalue weighted by Crippen LogP contribution is -2.56. The molecule has 2 heterocycles. The van der Waals surface area contributed by atoms with E-state index in [1.54, 1.807) is 0 Å². The van der Waals surface area contributed by atoms with Crippen molar-refractivity contribution in [2.45, 2.75) is 44.7 Å². The molecule has 3 nitrogen and oxygen atoms in total. The van der Waals surface area contributed by atoms with E-state index in [0.29, 0.717) is 0 Å². The van der Waals surface area contributed by atoms with Crippen molar-refractivity contribution in [1.29, 1.82) is 0 Å². The maximum atomic E-state index is 13.2. The van der Waals surface area contributed by atoms with Gasteiger partial charge in [0.2, 0.25) is 0 Å². The number of hydrogen-bond acceptors (Lipinski definition) is 2. The molecule has 2 bridgehead atoms. The summed E-state index contributed by atoms with van der Waals surface area (Å²) in [7, 11) is 0. The van der Waals surface area contributed by atoms with E-state index < -0.39 is 0 Å². The van der Waals surface area contributed by atoms with Crippen LogP contribution < -0.4 is 5.32 Å². The molecule has 2 aliphatic heterocycles. The van der Waals surface area contributed by atoms with Crippen molar-refractivity contribution in [3.05, 3.63) is 71.3 Å². The highest BCUT2D eigenvalue weighted by Crippen LogP contribution is 2.56. The number of benzene rings is 2. The summed E-state index contributed by atoms with van der Waals surface area (Å²) < 4.78 is 0. The van der Waals surface area contributed by atoms with Gasteiger partial charge in [0.05, 0.1) is 6.04 Å². The molecule has 3 aliphatic rings. The van der Waals surface area contributed by atoms with Gasteiger partial charge in [-0.05, 0) is 48.9 Å². The van der Waals surface area contributed by atoms with Gasteiger partial charge in [0, 0.05) is 17.6 Å². The summed E-state index contributed by atoms with van der Waals surface area (Å²) in [5, 5.41) is 3.43. The van der Waals surface area contributed by atoms with E-state index >= 15 is 0 Å². The average molecular weight is 385 g/mol. The zero-order valence-corrected chi connectivity index (χ0v) is 17.0. The van der Waals surface area contributed by atoms with E-state index in [4.69, 9.17) is 0 Å². The van der Waals surface area contributed by atoms with Gasteiger partial charge >= 0.3 is 0 Å². The minimum absolute atomic E-state index is 0. The van der Waals surface area contributed by atoms with Crippen molar-refractivity contribution in [3.63, 3.8) is 0 Å². The van der Waals surface area contributed by atoms with Crippen LogP contribution in [0.4, 0.5) is 0 Å². The molecule has 1 saturated carbocycles. The van der Waals surface area contributed by atoms with Crippen molar-refractivity contribution in [3.8, 4) is 0 Å². The normalized spacial score (nSPS) is 24.6. The van der Waals surface area contributed by atoms with Crippen molar-refractivity contribution < 1.29 is 4.79 Å². The van der Waals surface area contributed by atoms with Gasteiger partial charge in [-0.25, -0.2) is 0 Å².